The zero-order valence-electron chi connectivity index (χ0n) is 7.22. The fraction of sp³-hybridized carbons (Fsp3) is 0.429. The van der Waals surface area contributed by atoms with Crippen LogP contribution >= 0.6 is 15.9 Å². The van der Waals surface area contributed by atoms with Crippen LogP contribution in [0.2, 0.25) is 0 Å². The second kappa shape index (κ2) is 4.98. The fourth-order valence-corrected chi connectivity index (χ4v) is 1.17. The average Bonchev–Trinajstić information content (AvgIpc) is 2.13. The van der Waals surface area contributed by atoms with Gasteiger partial charge in [-0.1, -0.05) is 0 Å². The lowest BCUT2D eigenvalue weighted by atomic mass is 10.5. The number of hydrogen-bond acceptors (Lipinski definition) is 4. The van der Waals surface area contributed by atoms with Crippen LogP contribution in [0.25, 0.3) is 0 Å². The quantitative estimate of drug-likeness (QED) is 0.663. The van der Waals surface area contributed by atoms with E-state index in [-0.39, 0.29) is 5.56 Å². The number of rotatable bonds is 4. The standard InChI is InChI=1S/C7H11BrN4O/c1-9-2-3-10-6-5(8)7(13)12-4-11-6/h4,9H,2-3H2,1H3,(H2,10,11,12,13). The summed E-state index contributed by atoms with van der Waals surface area (Å²) in [4.78, 5) is 17.5. The molecule has 1 aromatic rings. The van der Waals surface area contributed by atoms with Crippen molar-refractivity contribution in [2.45, 2.75) is 0 Å². The first-order valence-corrected chi connectivity index (χ1v) is 4.66. The molecular formula is C7H11BrN4O. The molecule has 0 fully saturated rings. The van der Waals surface area contributed by atoms with Crippen molar-refractivity contribution in [1.82, 2.24) is 15.3 Å². The van der Waals surface area contributed by atoms with Gasteiger partial charge in [0.05, 0.1) is 6.33 Å². The molecule has 72 valence electrons. The van der Waals surface area contributed by atoms with Gasteiger partial charge in [0.15, 0.2) is 0 Å². The zero-order chi connectivity index (χ0) is 9.68. The molecule has 0 saturated carbocycles. The summed E-state index contributed by atoms with van der Waals surface area (Å²) < 4.78 is 0.436. The SMILES string of the molecule is CNCCNc1nc[nH]c(=O)c1Br. The highest BCUT2D eigenvalue weighted by atomic mass is 79.9. The molecule has 0 radical (unpaired) electrons. The molecule has 1 rings (SSSR count). The maximum atomic E-state index is 11.1. The van der Waals surface area contributed by atoms with Crippen molar-refractivity contribution >= 4 is 21.7 Å². The van der Waals surface area contributed by atoms with Crippen molar-refractivity contribution < 1.29 is 0 Å². The van der Waals surface area contributed by atoms with E-state index in [1.165, 1.54) is 6.33 Å². The minimum atomic E-state index is -0.179. The van der Waals surface area contributed by atoms with Crippen molar-refractivity contribution in [3.05, 3.63) is 21.2 Å². The molecule has 0 amide bonds. The number of aromatic nitrogens is 2. The number of H-pyrrole nitrogens is 1. The first-order chi connectivity index (χ1) is 6.25. The Labute approximate surface area is 84.1 Å². The minimum absolute atomic E-state index is 0.179. The van der Waals surface area contributed by atoms with Gasteiger partial charge in [-0.15, -0.1) is 0 Å². The molecule has 0 atom stereocenters. The molecule has 5 nitrogen and oxygen atoms in total. The number of anilines is 1. The van der Waals surface area contributed by atoms with Crippen LogP contribution in [0.3, 0.4) is 0 Å². The molecule has 1 heterocycles. The normalized spacial score (nSPS) is 10.0. The molecule has 0 aliphatic rings. The Morgan fingerprint density at radius 2 is 2.38 bits per heavy atom. The summed E-state index contributed by atoms with van der Waals surface area (Å²) in [6, 6.07) is 0. The van der Waals surface area contributed by atoms with E-state index in [0.29, 0.717) is 10.3 Å². The van der Waals surface area contributed by atoms with E-state index >= 15 is 0 Å². The molecule has 0 aliphatic heterocycles. The Morgan fingerprint density at radius 1 is 1.62 bits per heavy atom. The highest BCUT2D eigenvalue weighted by molar-refractivity contribution is 9.10. The first kappa shape index (κ1) is 10.2. The van der Waals surface area contributed by atoms with E-state index in [0.717, 1.165) is 13.1 Å². The lowest BCUT2D eigenvalue weighted by Gasteiger charge is -2.05. The number of nitrogens with zero attached hydrogens (tertiary/aromatic N) is 1. The highest BCUT2D eigenvalue weighted by Gasteiger charge is 2.02. The summed E-state index contributed by atoms with van der Waals surface area (Å²) in [5.41, 5.74) is -0.179. The molecule has 0 bridgehead atoms. The molecule has 0 spiro atoms. The molecule has 1 aromatic heterocycles. The average molecular weight is 247 g/mol. The maximum absolute atomic E-state index is 11.1. The third-order valence-electron chi connectivity index (χ3n) is 1.46. The summed E-state index contributed by atoms with van der Waals surface area (Å²) in [6.07, 6.45) is 1.37. The van der Waals surface area contributed by atoms with Gasteiger partial charge in [0.2, 0.25) is 0 Å². The summed E-state index contributed by atoms with van der Waals surface area (Å²) in [5.74, 6) is 0.569. The molecule has 0 aliphatic carbocycles. The van der Waals surface area contributed by atoms with Crippen LogP contribution in [0.5, 0.6) is 0 Å². The number of aromatic amines is 1. The summed E-state index contributed by atoms with van der Waals surface area (Å²) in [7, 11) is 1.86. The van der Waals surface area contributed by atoms with E-state index in [9.17, 15) is 4.79 Å². The Bertz CT molecular complexity index is 325. The van der Waals surface area contributed by atoms with Crippen LogP contribution < -0.4 is 16.2 Å². The van der Waals surface area contributed by atoms with Crippen molar-refractivity contribution in [2.24, 2.45) is 0 Å². The van der Waals surface area contributed by atoms with Gasteiger partial charge in [0.25, 0.3) is 5.56 Å². The third-order valence-corrected chi connectivity index (χ3v) is 2.20. The minimum Gasteiger partial charge on any atom is -0.368 e. The van der Waals surface area contributed by atoms with E-state index < -0.39 is 0 Å². The number of likely N-dealkylation sites (N-methyl/N-ethyl adjacent to an activating group) is 1. The molecule has 13 heavy (non-hydrogen) atoms. The van der Waals surface area contributed by atoms with E-state index in [1.54, 1.807) is 0 Å². The maximum Gasteiger partial charge on any atom is 0.267 e. The summed E-state index contributed by atoms with van der Waals surface area (Å²) in [6.45, 7) is 1.55. The Kier molecular flexibility index (Phi) is 3.91. The molecule has 6 heteroatoms. The van der Waals surface area contributed by atoms with Gasteiger partial charge >= 0.3 is 0 Å². The van der Waals surface area contributed by atoms with E-state index in [2.05, 4.69) is 36.5 Å². The van der Waals surface area contributed by atoms with Crippen LogP contribution in [-0.2, 0) is 0 Å². The van der Waals surface area contributed by atoms with Gasteiger partial charge in [-0.3, -0.25) is 4.79 Å². The molecule has 0 unspecified atom stereocenters. The highest BCUT2D eigenvalue weighted by Crippen LogP contribution is 2.11. The van der Waals surface area contributed by atoms with Gasteiger partial charge in [0.1, 0.15) is 10.3 Å². The predicted molar refractivity (Wildman–Crippen MR) is 55.0 cm³/mol. The zero-order valence-corrected chi connectivity index (χ0v) is 8.81. The lowest BCUT2D eigenvalue weighted by Crippen LogP contribution is -2.20. The second-order valence-corrected chi connectivity index (χ2v) is 3.22. The number of halogens is 1. The van der Waals surface area contributed by atoms with Crippen LogP contribution in [-0.4, -0.2) is 30.1 Å². The molecule has 3 N–H and O–H groups in total. The van der Waals surface area contributed by atoms with Crippen molar-refractivity contribution in [3.8, 4) is 0 Å². The number of hydrogen-bond donors (Lipinski definition) is 3. The molecule has 0 saturated heterocycles. The van der Waals surface area contributed by atoms with Gasteiger partial charge < -0.3 is 15.6 Å². The van der Waals surface area contributed by atoms with Crippen LogP contribution in [0.4, 0.5) is 5.82 Å². The summed E-state index contributed by atoms with van der Waals surface area (Å²) >= 11 is 3.14. The Morgan fingerprint density at radius 3 is 3.08 bits per heavy atom. The van der Waals surface area contributed by atoms with Crippen LogP contribution in [0.1, 0.15) is 0 Å². The van der Waals surface area contributed by atoms with Gasteiger partial charge in [-0.05, 0) is 23.0 Å². The van der Waals surface area contributed by atoms with Gasteiger partial charge in [-0.2, -0.15) is 0 Å². The van der Waals surface area contributed by atoms with Crippen LogP contribution in [0, 0.1) is 0 Å². The van der Waals surface area contributed by atoms with E-state index in [1.807, 2.05) is 7.05 Å². The van der Waals surface area contributed by atoms with Crippen molar-refractivity contribution in [3.63, 3.8) is 0 Å². The topological polar surface area (TPSA) is 69.8 Å². The molecular weight excluding hydrogens is 236 g/mol. The smallest absolute Gasteiger partial charge is 0.267 e. The monoisotopic (exact) mass is 246 g/mol. The van der Waals surface area contributed by atoms with Gasteiger partial charge in [-0.25, -0.2) is 4.98 Å². The predicted octanol–water partition coefficient (Wildman–Crippen LogP) is 0.164. The fourth-order valence-electron chi connectivity index (χ4n) is 0.812. The largest absolute Gasteiger partial charge is 0.368 e. The third kappa shape index (κ3) is 2.82. The Balaban J connectivity index is 2.66. The van der Waals surface area contributed by atoms with E-state index in [4.69, 9.17) is 0 Å². The second-order valence-electron chi connectivity index (χ2n) is 2.42. The van der Waals surface area contributed by atoms with Crippen molar-refractivity contribution in [2.75, 3.05) is 25.5 Å². The van der Waals surface area contributed by atoms with Gasteiger partial charge in [0, 0.05) is 13.1 Å². The van der Waals surface area contributed by atoms with Crippen LogP contribution in [0.15, 0.2) is 15.6 Å². The van der Waals surface area contributed by atoms with Crippen molar-refractivity contribution in [1.29, 1.82) is 0 Å². The Hall–Kier alpha value is -0.880. The number of nitrogens with one attached hydrogen (secondary N) is 3. The summed E-state index contributed by atoms with van der Waals surface area (Å²) in [5, 5.41) is 5.99. The first-order valence-electron chi connectivity index (χ1n) is 3.87. The molecule has 0 aromatic carbocycles. The lowest BCUT2D eigenvalue weighted by molar-refractivity contribution is 0.819.